The van der Waals surface area contributed by atoms with Gasteiger partial charge in [-0.3, -0.25) is 0 Å². The predicted octanol–water partition coefficient (Wildman–Crippen LogP) is 2.52. The molecule has 142 valence electrons. The summed E-state index contributed by atoms with van der Waals surface area (Å²) in [6, 6.07) is 7.11. The smallest absolute Gasteiger partial charge is 0.252 e. The van der Waals surface area contributed by atoms with Crippen molar-refractivity contribution in [2.45, 2.75) is 50.0 Å². The molecular formula is C18H25N3O4S. The zero-order chi connectivity index (χ0) is 18.8. The Kier molecular flexibility index (Phi) is 5.45. The van der Waals surface area contributed by atoms with Crippen molar-refractivity contribution in [2.75, 3.05) is 20.2 Å². The molecule has 0 spiro atoms. The third kappa shape index (κ3) is 3.67. The molecule has 0 aliphatic carbocycles. The van der Waals surface area contributed by atoms with Crippen LogP contribution >= 0.6 is 0 Å². The summed E-state index contributed by atoms with van der Waals surface area (Å²) in [6.07, 6.45) is 2.43. The second-order valence-corrected chi connectivity index (χ2v) is 8.88. The van der Waals surface area contributed by atoms with Crippen molar-refractivity contribution < 1.29 is 17.7 Å². The van der Waals surface area contributed by atoms with E-state index in [1.54, 1.807) is 19.2 Å². The fraction of sp³-hybridized carbons (Fsp3) is 0.556. The summed E-state index contributed by atoms with van der Waals surface area (Å²) in [5, 5.41) is 4.05. The molecule has 0 radical (unpaired) electrons. The molecule has 1 unspecified atom stereocenters. The summed E-state index contributed by atoms with van der Waals surface area (Å²) in [6.45, 7) is 5.10. The van der Waals surface area contributed by atoms with E-state index in [9.17, 15) is 8.42 Å². The van der Waals surface area contributed by atoms with Crippen LogP contribution in [-0.4, -0.2) is 43.1 Å². The number of benzene rings is 1. The summed E-state index contributed by atoms with van der Waals surface area (Å²) < 4.78 is 37.9. The molecular weight excluding hydrogens is 354 g/mol. The summed E-state index contributed by atoms with van der Waals surface area (Å²) in [7, 11) is -1.99. The Morgan fingerprint density at radius 3 is 2.69 bits per heavy atom. The Morgan fingerprint density at radius 1 is 1.31 bits per heavy atom. The number of aryl methyl sites for hydroxylation is 1. The Morgan fingerprint density at radius 2 is 2.04 bits per heavy atom. The fourth-order valence-corrected chi connectivity index (χ4v) is 4.91. The molecule has 26 heavy (non-hydrogen) atoms. The Hall–Kier alpha value is -1.77. The lowest BCUT2D eigenvalue weighted by molar-refractivity contribution is 0.151. The monoisotopic (exact) mass is 379 g/mol. The second kappa shape index (κ2) is 7.46. The largest absolute Gasteiger partial charge is 0.375 e. The predicted molar refractivity (Wildman–Crippen MR) is 96.2 cm³/mol. The van der Waals surface area contributed by atoms with Crippen LogP contribution < -0.4 is 0 Å². The number of piperidine rings is 1. The highest BCUT2D eigenvalue weighted by molar-refractivity contribution is 7.89. The normalized spacial score (nSPS) is 21.8. The van der Waals surface area contributed by atoms with Gasteiger partial charge in [0, 0.05) is 25.6 Å². The van der Waals surface area contributed by atoms with Gasteiger partial charge in [0.1, 0.15) is 6.61 Å². The van der Waals surface area contributed by atoms with E-state index in [1.165, 1.54) is 4.31 Å². The van der Waals surface area contributed by atoms with Gasteiger partial charge in [0.2, 0.25) is 10.0 Å². The van der Waals surface area contributed by atoms with Crippen molar-refractivity contribution in [3.8, 4) is 0 Å². The van der Waals surface area contributed by atoms with E-state index in [2.05, 4.69) is 10.1 Å². The number of nitrogens with zero attached hydrogens (tertiary/aromatic N) is 3. The Labute approximate surface area is 154 Å². The number of aromatic nitrogens is 2. The number of hydrogen-bond acceptors (Lipinski definition) is 6. The maximum atomic E-state index is 13.1. The van der Waals surface area contributed by atoms with Crippen LogP contribution in [0.2, 0.25) is 0 Å². The van der Waals surface area contributed by atoms with Crippen LogP contribution in [0.4, 0.5) is 0 Å². The van der Waals surface area contributed by atoms with Crippen LogP contribution in [0.25, 0.3) is 0 Å². The first kappa shape index (κ1) is 19.0. The molecule has 1 aliphatic rings. The van der Waals surface area contributed by atoms with Gasteiger partial charge in [0.05, 0.1) is 4.90 Å². The summed E-state index contributed by atoms with van der Waals surface area (Å²) in [5.41, 5.74) is 0.634. The second-order valence-electron chi connectivity index (χ2n) is 6.95. The van der Waals surface area contributed by atoms with E-state index in [0.717, 1.165) is 24.8 Å². The maximum Gasteiger partial charge on any atom is 0.252 e. The average molecular weight is 379 g/mol. The van der Waals surface area contributed by atoms with E-state index in [-0.39, 0.29) is 6.61 Å². The van der Waals surface area contributed by atoms with Crippen LogP contribution in [0.3, 0.4) is 0 Å². The van der Waals surface area contributed by atoms with Crippen molar-refractivity contribution in [2.24, 2.45) is 0 Å². The van der Waals surface area contributed by atoms with E-state index < -0.39 is 15.4 Å². The molecule has 1 saturated heterocycles. The van der Waals surface area contributed by atoms with E-state index >= 15 is 0 Å². The molecule has 7 nitrogen and oxygen atoms in total. The molecule has 3 rings (SSSR count). The minimum Gasteiger partial charge on any atom is -0.375 e. The van der Waals surface area contributed by atoms with Gasteiger partial charge in [-0.1, -0.05) is 31.1 Å². The third-order valence-corrected chi connectivity index (χ3v) is 6.77. The van der Waals surface area contributed by atoms with E-state index in [4.69, 9.17) is 9.26 Å². The topological polar surface area (TPSA) is 85.5 Å². The highest BCUT2D eigenvalue weighted by Crippen LogP contribution is 2.34. The molecule has 1 fully saturated rings. The molecule has 1 atom stereocenters. The van der Waals surface area contributed by atoms with Gasteiger partial charge in [0.25, 0.3) is 5.89 Å². The molecule has 8 heteroatoms. The molecule has 0 saturated carbocycles. The van der Waals surface area contributed by atoms with Crippen molar-refractivity contribution in [1.82, 2.24) is 14.4 Å². The number of methoxy groups -OCH3 is 1. The lowest BCUT2D eigenvalue weighted by atomic mass is 9.82. The van der Waals surface area contributed by atoms with E-state index in [1.807, 2.05) is 26.0 Å². The SMILES string of the molecule is CCc1ccc(S(=O)(=O)N2CCCC(C)(c3noc(COC)n3)C2)cc1. The van der Waals surface area contributed by atoms with Gasteiger partial charge in [-0.05, 0) is 37.0 Å². The maximum absolute atomic E-state index is 13.1. The minimum absolute atomic E-state index is 0.245. The molecule has 1 aliphatic heterocycles. The third-order valence-electron chi connectivity index (χ3n) is 4.91. The first-order valence-corrected chi connectivity index (χ1v) is 10.2. The van der Waals surface area contributed by atoms with Crippen molar-refractivity contribution in [3.05, 3.63) is 41.5 Å². The molecule has 1 aromatic carbocycles. The number of sulfonamides is 1. The number of ether oxygens (including phenoxy) is 1. The summed E-state index contributed by atoms with van der Waals surface area (Å²) in [4.78, 5) is 4.71. The van der Waals surface area contributed by atoms with E-state index in [0.29, 0.717) is 29.7 Å². The van der Waals surface area contributed by atoms with Crippen molar-refractivity contribution in [3.63, 3.8) is 0 Å². The quantitative estimate of drug-likeness (QED) is 0.767. The van der Waals surface area contributed by atoms with Crippen LogP contribution in [0.15, 0.2) is 33.7 Å². The van der Waals surface area contributed by atoms with Crippen molar-refractivity contribution in [1.29, 1.82) is 0 Å². The van der Waals surface area contributed by atoms with Crippen LogP contribution in [0.5, 0.6) is 0 Å². The first-order valence-electron chi connectivity index (χ1n) is 8.80. The molecule has 0 bridgehead atoms. The van der Waals surface area contributed by atoms with Gasteiger partial charge in [-0.25, -0.2) is 8.42 Å². The zero-order valence-electron chi connectivity index (χ0n) is 15.4. The number of rotatable bonds is 6. The Balaban J connectivity index is 1.83. The summed E-state index contributed by atoms with van der Waals surface area (Å²) >= 11 is 0. The summed E-state index contributed by atoms with van der Waals surface area (Å²) in [5.74, 6) is 0.935. The lowest BCUT2D eigenvalue weighted by Gasteiger charge is -2.37. The average Bonchev–Trinajstić information content (AvgIpc) is 3.12. The lowest BCUT2D eigenvalue weighted by Crippen LogP contribution is -2.47. The van der Waals surface area contributed by atoms with Crippen LogP contribution in [-0.2, 0) is 33.2 Å². The highest BCUT2D eigenvalue weighted by atomic mass is 32.2. The van der Waals surface area contributed by atoms with Gasteiger partial charge < -0.3 is 9.26 Å². The highest BCUT2D eigenvalue weighted by Gasteiger charge is 2.41. The number of hydrogen-bond donors (Lipinski definition) is 0. The molecule has 2 heterocycles. The van der Waals surface area contributed by atoms with Gasteiger partial charge in [-0.15, -0.1) is 0 Å². The van der Waals surface area contributed by atoms with Gasteiger partial charge in [-0.2, -0.15) is 9.29 Å². The zero-order valence-corrected chi connectivity index (χ0v) is 16.3. The first-order chi connectivity index (χ1) is 12.4. The van der Waals surface area contributed by atoms with Crippen molar-refractivity contribution >= 4 is 10.0 Å². The molecule has 1 aromatic heterocycles. The Bertz CT molecular complexity index is 848. The van der Waals surface area contributed by atoms with Gasteiger partial charge >= 0.3 is 0 Å². The van der Waals surface area contributed by atoms with Crippen LogP contribution in [0, 0.1) is 0 Å². The fourth-order valence-electron chi connectivity index (χ4n) is 3.31. The minimum atomic E-state index is -3.55. The van der Waals surface area contributed by atoms with Crippen LogP contribution in [0.1, 0.15) is 44.0 Å². The standard InChI is InChI=1S/C18H25N3O4S/c1-4-14-6-8-15(9-7-14)26(22,23)21-11-5-10-18(2,13-21)17-19-16(12-24-3)25-20-17/h6-9H,4-5,10-13H2,1-3H3. The molecule has 2 aromatic rings. The van der Waals surface area contributed by atoms with Gasteiger partial charge in [0.15, 0.2) is 5.82 Å². The molecule has 0 N–H and O–H groups in total. The molecule has 0 amide bonds.